The quantitative estimate of drug-likeness (QED) is 0.710. The van der Waals surface area contributed by atoms with Crippen LogP contribution in [0.4, 0.5) is 0 Å². The van der Waals surface area contributed by atoms with Gasteiger partial charge in [-0.15, -0.1) is 0 Å². The number of nitrogens with one attached hydrogen (secondary N) is 2. The molecule has 1 amide bonds. The third-order valence-electron chi connectivity index (χ3n) is 4.66. The molecule has 0 saturated carbocycles. The van der Waals surface area contributed by atoms with Gasteiger partial charge >= 0.3 is 0 Å². The van der Waals surface area contributed by atoms with Crippen molar-refractivity contribution < 1.29 is 32.2 Å². The highest BCUT2D eigenvalue weighted by atomic mass is 32.2. The molecule has 0 unspecified atom stereocenters. The minimum absolute atomic E-state index is 0.00201. The van der Waals surface area contributed by atoms with Gasteiger partial charge in [0.2, 0.25) is 22.7 Å². The van der Waals surface area contributed by atoms with Gasteiger partial charge in [0.15, 0.2) is 23.0 Å². The van der Waals surface area contributed by atoms with Gasteiger partial charge in [-0.1, -0.05) is 6.07 Å². The van der Waals surface area contributed by atoms with E-state index in [1.807, 2.05) is 0 Å². The second-order valence-electron chi connectivity index (χ2n) is 6.91. The predicted molar refractivity (Wildman–Crippen MR) is 106 cm³/mol. The minimum atomic E-state index is -3.92. The van der Waals surface area contributed by atoms with E-state index in [0.717, 1.165) is 12.0 Å². The van der Waals surface area contributed by atoms with Crippen molar-refractivity contribution in [2.45, 2.75) is 30.8 Å². The van der Waals surface area contributed by atoms with E-state index in [2.05, 4.69) is 10.0 Å². The molecule has 0 aromatic heterocycles. The maximum Gasteiger partial charge on any atom is 0.241 e. The van der Waals surface area contributed by atoms with Crippen LogP contribution in [0.25, 0.3) is 0 Å². The van der Waals surface area contributed by atoms with E-state index in [0.29, 0.717) is 36.2 Å². The Morgan fingerprint density at radius 3 is 2.47 bits per heavy atom. The van der Waals surface area contributed by atoms with Crippen molar-refractivity contribution in [1.29, 1.82) is 0 Å². The van der Waals surface area contributed by atoms with E-state index < -0.39 is 22.0 Å². The van der Waals surface area contributed by atoms with Crippen LogP contribution in [-0.4, -0.2) is 40.4 Å². The zero-order valence-corrected chi connectivity index (χ0v) is 17.2. The van der Waals surface area contributed by atoms with Crippen molar-refractivity contribution in [1.82, 2.24) is 10.0 Å². The van der Waals surface area contributed by atoms with Crippen molar-refractivity contribution in [3.63, 3.8) is 0 Å². The maximum atomic E-state index is 12.7. The number of fused-ring (bicyclic) bond motifs is 2. The van der Waals surface area contributed by atoms with E-state index in [4.69, 9.17) is 18.9 Å². The lowest BCUT2D eigenvalue weighted by molar-refractivity contribution is -0.122. The molecule has 0 saturated heterocycles. The van der Waals surface area contributed by atoms with Gasteiger partial charge in [-0.25, -0.2) is 8.42 Å². The smallest absolute Gasteiger partial charge is 0.241 e. The molecule has 2 aliphatic heterocycles. The molecule has 2 heterocycles. The first-order valence-corrected chi connectivity index (χ1v) is 11.0. The van der Waals surface area contributed by atoms with Crippen LogP contribution in [0.1, 0.15) is 18.9 Å². The molecular formula is C20H22N2O7S. The van der Waals surface area contributed by atoms with Crippen LogP contribution in [0.2, 0.25) is 0 Å². The Hall–Kier alpha value is -2.98. The first-order valence-electron chi connectivity index (χ1n) is 9.50. The zero-order valence-electron chi connectivity index (χ0n) is 16.3. The summed E-state index contributed by atoms with van der Waals surface area (Å²) in [7, 11) is -3.92. The summed E-state index contributed by atoms with van der Waals surface area (Å²) in [4.78, 5) is 12.4. The average molecular weight is 434 g/mol. The number of carbonyl (C=O) groups excluding carboxylic acids is 1. The van der Waals surface area contributed by atoms with Crippen LogP contribution >= 0.6 is 0 Å². The summed E-state index contributed by atoms with van der Waals surface area (Å²) in [6, 6.07) is 8.75. The van der Waals surface area contributed by atoms with Gasteiger partial charge in [-0.2, -0.15) is 4.72 Å². The fourth-order valence-electron chi connectivity index (χ4n) is 3.06. The van der Waals surface area contributed by atoms with Crippen molar-refractivity contribution in [3.8, 4) is 23.0 Å². The highest BCUT2D eigenvalue weighted by molar-refractivity contribution is 7.89. The molecule has 0 fully saturated rings. The Labute approximate surface area is 174 Å². The summed E-state index contributed by atoms with van der Waals surface area (Å²) in [6.45, 7) is 2.84. The number of sulfonamides is 1. The molecule has 9 nitrogen and oxygen atoms in total. The zero-order chi connectivity index (χ0) is 21.1. The lowest BCUT2D eigenvalue weighted by Crippen LogP contribution is -2.44. The van der Waals surface area contributed by atoms with Crippen LogP contribution in [-0.2, 0) is 21.4 Å². The summed E-state index contributed by atoms with van der Waals surface area (Å²) in [6.07, 6.45) is 0.718. The van der Waals surface area contributed by atoms with Gasteiger partial charge in [-0.3, -0.25) is 4.79 Å². The summed E-state index contributed by atoms with van der Waals surface area (Å²) in [5.41, 5.74) is 0.811. The average Bonchev–Trinajstić information content (AvgIpc) is 3.07. The Morgan fingerprint density at radius 2 is 1.63 bits per heavy atom. The lowest BCUT2D eigenvalue weighted by Gasteiger charge is -2.15. The second-order valence-corrected chi connectivity index (χ2v) is 8.62. The molecule has 0 spiro atoms. The van der Waals surface area contributed by atoms with Crippen LogP contribution in [0.15, 0.2) is 41.3 Å². The molecule has 2 aromatic carbocycles. The summed E-state index contributed by atoms with van der Waals surface area (Å²) < 4.78 is 49.4. The molecule has 2 aliphatic rings. The van der Waals surface area contributed by atoms with Gasteiger partial charge in [0.05, 0.1) is 24.2 Å². The molecule has 10 heteroatoms. The normalized spacial score (nSPS) is 15.9. The Balaban J connectivity index is 1.38. The fourth-order valence-corrected chi connectivity index (χ4v) is 4.28. The number of rotatable bonds is 6. The van der Waals surface area contributed by atoms with Crippen molar-refractivity contribution in [3.05, 3.63) is 42.0 Å². The van der Waals surface area contributed by atoms with Gasteiger partial charge < -0.3 is 24.3 Å². The summed E-state index contributed by atoms with van der Waals surface area (Å²) in [5.74, 6) is 1.69. The first-order chi connectivity index (χ1) is 14.4. The van der Waals surface area contributed by atoms with Gasteiger partial charge in [0, 0.05) is 19.0 Å². The van der Waals surface area contributed by atoms with E-state index in [1.165, 1.54) is 19.1 Å². The van der Waals surface area contributed by atoms with E-state index >= 15 is 0 Å². The molecular weight excluding hydrogens is 412 g/mol. The number of hydrogen-bond acceptors (Lipinski definition) is 7. The third kappa shape index (κ3) is 4.44. The van der Waals surface area contributed by atoms with E-state index in [1.54, 1.807) is 24.3 Å². The maximum absolute atomic E-state index is 12.7. The first kappa shape index (κ1) is 20.3. The second kappa shape index (κ2) is 8.41. The van der Waals surface area contributed by atoms with Gasteiger partial charge in [0.1, 0.15) is 0 Å². The number of hydrogen-bond donors (Lipinski definition) is 2. The Bertz CT molecular complexity index is 1060. The molecule has 2 N–H and O–H groups in total. The van der Waals surface area contributed by atoms with Crippen LogP contribution in [0.5, 0.6) is 23.0 Å². The van der Waals surface area contributed by atoms with Gasteiger partial charge in [-0.05, 0) is 36.8 Å². The van der Waals surface area contributed by atoms with Gasteiger partial charge in [0.25, 0.3) is 0 Å². The SMILES string of the molecule is C[C@H](NS(=O)(=O)c1ccc2c(c1)OCCCO2)C(=O)NCc1ccc2c(c1)OCO2. The monoisotopic (exact) mass is 434 g/mol. The Kier molecular flexibility index (Phi) is 5.69. The highest BCUT2D eigenvalue weighted by Crippen LogP contribution is 2.33. The highest BCUT2D eigenvalue weighted by Gasteiger charge is 2.24. The number of carbonyl (C=O) groups is 1. The van der Waals surface area contributed by atoms with E-state index in [9.17, 15) is 13.2 Å². The predicted octanol–water partition coefficient (Wildman–Crippen LogP) is 1.56. The molecule has 0 radical (unpaired) electrons. The standard InChI is InChI=1S/C20H22N2O7S/c1-13(20(23)21-11-14-3-5-17-18(9-14)29-12-28-17)22-30(24,25)15-4-6-16-19(10-15)27-8-2-7-26-16/h3-6,9-10,13,22H,2,7-8,11-12H2,1H3,(H,21,23)/t13-/m0/s1. The van der Waals surface area contributed by atoms with Crippen LogP contribution in [0, 0.1) is 0 Å². The number of benzene rings is 2. The third-order valence-corrected chi connectivity index (χ3v) is 6.20. The number of amides is 1. The minimum Gasteiger partial charge on any atom is -0.490 e. The van der Waals surface area contributed by atoms with Crippen molar-refractivity contribution in [2.24, 2.45) is 0 Å². The largest absolute Gasteiger partial charge is 0.490 e. The van der Waals surface area contributed by atoms with Crippen LogP contribution in [0.3, 0.4) is 0 Å². The van der Waals surface area contributed by atoms with E-state index in [-0.39, 0.29) is 18.2 Å². The molecule has 30 heavy (non-hydrogen) atoms. The Morgan fingerprint density at radius 1 is 0.967 bits per heavy atom. The molecule has 0 aliphatic carbocycles. The lowest BCUT2D eigenvalue weighted by atomic mass is 10.2. The summed E-state index contributed by atoms with van der Waals surface area (Å²) >= 11 is 0. The molecule has 1 atom stereocenters. The number of ether oxygens (including phenoxy) is 4. The fraction of sp³-hybridized carbons (Fsp3) is 0.350. The van der Waals surface area contributed by atoms with Crippen molar-refractivity contribution >= 4 is 15.9 Å². The molecule has 0 bridgehead atoms. The molecule has 2 aromatic rings. The molecule has 4 rings (SSSR count). The topological polar surface area (TPSA) is 112 Å². The molecule has 160 valence electrons. The summed E-state index contributed by atoms with van der Waals surface area (Å²) in [5, 5.41) is 2.72. The van der Waals surface area contributed by atoms with Crippen LogP contribution < -0.4 is 29.0 Å². The van der Waals surface area contributed by atoms with Crippen molar-refractivity contribution in [2.75, 3.05) is 20.0 Å².